The molecule has 2 rings (SSSR count). The van der Waals surface area contributed by atoms with E-state index in [0.29, 0.717) is 17.9 Å². The first-order chi connectivity index (χ1) is 10.6. The normalized spacial score (nSPS) is 11.5. The molecule has 0 saturated carbocycles. The maximum absolute atomic E-state index is 12.0. The van der Waals surface area contributed by atoms with Crippen molar-refractivity contribution in [3.8, 4) is 6.07 Å². The van der Waals surface area contributed by atoms with Crippen LogP contribution < -0.4 is 10.6 Å². The molecule has 1 aromatic heterocycles. The van der Waals surface area contributed by atoms with Crippen LogP contribution in [0, 0.1) is 18.3 Å². The van der Waals surface area contributed by atoms with Crippen LogP contribution in [0.3, 0.4) is 0 Å². The van der Waals surface area contributed by atoms with Crippen molar-refractivity contribution in [1.82, 2.24) is 10.2 Å². The van der Waals surface area contributed by atoms with Gasteiger partial charge in [-0.2, -0.15) is 10.4 Å². The molecule has 1 aromatic carbocycles. The van der Waals surface area contributed by atoms with Crippen LogP contribution in [0.1, 0.15) is 19.0 Å². The van der Waals surface area contributed by atoms with Crippen LogP contribution in [-0.4, -0.2) is 21.5 Å². The van der Waals surface area contributed by atoms with Crippen LogP contribution in [0.25, 0.3) is 0 Å². The molecule has 1 atom stereocenters. The molecule has 2 amide bonds. The molecule has 0 aliphatic rings. The van der Waals surface area contributed by atoms with Crippen molar-refractivity contribution in [2.24, 2.45) is 0 Å². The number of hydrogen-bond donors (Lipinski definition) is 3. The van der Waals surface area contributed by atoms with Gasteiger partial charge in [0.25, 0.3) is 0 Å². The van der Waals surface area contributed by atoms with Gasteiger partial charge in [-0.3, -0.25) is 10.4 Å². The summed E-state index contributed by atoms with van der Waals surface area (Å²) in [7, 11) is 0. The van der Waals surface area contributed by atoms with E-state index in [1.807, 2.05) is 38.1 Å². The lowest BCUT2D eigenvalue weighted by molar-refractivity contribution is 0.262. The molecule has 0 unspecified atom stereocenters. The summed E-state index contributed by atoms with van der Waals surface area (Å²) in [6.07, 6.45) is 0.456. The largest absolute Gasteiger partial charge is 0.324 e. The predicted molar refractivity (Wildman–Crippen MR) is 88.0 cm³/mol. The third-order valence-electron chi connectivity index (χ3n) is 2.79. The zero-order valence-electron chi connectivity index (χ0n) is 12.4. The predicted octanol–water partition coefficient (Wildman–Crippen LogP) is 3.76. The first kappa shape index (κ1) is 15.9. The van der Waals surface area contributed by atoms with E-state index in [9.17, 15) is 4.79 Å². The van der Waals surface area contributed by atoms with E-state index < -0.39 is 0 Å². The number of urea groups is 1. The molecule has 0 bridgehead atoms. The van der Waals surface area contributed by atoms with Crippen LogP contribution in [-0.2, 0) is 0 Å². The number of aromatic amines is 1. The number of carbonyl (C=O) groups is 1. The zero-order valence-corrected chi connectivity index (χ0v) is 13.2. The number of carbonyl (C=O) groups excluding carboxylic acids is 1. The molecule has 0 fully saturated rings. The number of aromatic nitrogens is 2. The van der Waals surface area contributed by atoms with Gasteiger partial charge in [-0.25, -0.2) is 4.79 Å². The number of thioether (sulfide) groups is 1. The zero-order chi connectivity index (χ0) is 15.9. The van der Waals surface area contributed by atoms with Crippen LogP contribution in [0.5, 0.6) is 0 Å². The first-order valence-corrected chi connectivity index (χ1v) is 7.69. The highest BCUT2D eigenvalue weighted by Gasteiger charge is 2.11. The van der Waals surface area contributed by atoms with E-state index in [1.54, 1.807) is 17.8 Å². The molecule has 2 aromatic rings. The van der Waals surface area contributed by atoms with Crippen molar-refractivity contribution in [3.05, 3.63) is 36.0 Å². The number of anilines is 2. The Morgan fingerprint density at radius 3 is 2.91 bits per heavy atom. The monoisotopic (exact) mass is 315 g/mol. The van der Waals surface area contributed by atoms with Crippen molar-refractivity contribution < 1.29 is 4.79 Å². The van der Waals surface area contributed by atoms with Gasteiger partial charge in [-0.1, -0.05) is 19.1 Å². The highest BCUT2D eigenvalue weighted by atomic mass is 32.2. The van der Waals surface area contributed by atoms with Crippen LogP contribution >= 0.6 is 11.8 Å². The SMILES string of the molecule is Cc1cc(NC(=O)Nc2ccccc2S[C@H](C)CC#N)n[nH]1. The smallest absolute Gasteiger partial charge is 0.307 e. The van der Waals surface area contributed by atoms with E-state index in [4.69, 9.17) is 5.26 Å². The molecular weight excluding hydrogens is 298 g/mol. The van der Waals surface area contributed by atoms with Gasteiger partial charge in [0.15, 0.2) is 5.82 Å². The quantitative estimate of drug-likeness (QED) is 0.732. The van der Waals surface area contributed by atoms with E-state index in [-0.39, 0.29) is 11.3 Å². The molecular formula is C15H17N5OS. The second-order valence-corrected chi connectivity index (χ2v) is 6.28. The molecule has 0 aliphatic heterocycles. The molecule has 1 heterocycles. The molecule has 7 heteroatoms. The van der Waals surface area contributed by atoms with E-state index >= 15 is 0 Å². The first-order valence-electron chi connectivity index (χ1n) is 6.81. The summed E-state index contributed by atoms with van der Waals surface area (Å²) < 4.78 is 0. The van der Waals surface area contributed by atoms with E-state index in [0.717, 1.165) is 10.6 Å². The summed E-state index contributed by atoms with van der Waals surface area (Å²) in [4.78, 5) is 12.9. The van der Waals surface area contributed by atoms with Gasteiger partial charge in [0.1, 0.15) is 0 Å². The number of nitrogens with zero attached hydrogens (tertiary/aromatic N) is 2. The number of amides is 2. The fraction of sp³-hybridized carbons (Fsp3) is 0.267. The molecule has 0 spiro atoms. The molecule has 0 saturated heterocycles. The number of benzene rings is 1. The molecule has 3 N–H and O–H groups in total. The van der Waals surface area contributed by atoms with Gasteiger partial charge in [-0.05, 0) is 19.1 Å². The Labute approximate surface area is 133 Å². The molecule has 22 heavy (non-hydrogen) atoms. The fourth-order valence-corrected chi connectivity index (χ4v) is 2.81. The number of rotatable bonds is 5. The second-order valence-electron chi connectivity index (χ2n) is 4.80. The average molecular weight is 315 g/mol. The van der Waals surface area contributed by atoms with Crippen molar-refractivity contribution >= 4 is 29.3 Å². The summed E-state index contributed by atoms with van der Waals surface area (Å²) in [6, 6.07) is 11.1. The minimum Gasteiger partial charge on any atom is -0.307 e. The summed E-state index contributed by atoms with van der Waals surface area (Å²) in [6.45, 7) is 3.84. The van der Waals surface area contributed by atoms with Crippen molar-refractivity contribution in [1.29, 1.82) is 5.26 Å². The van der Waals surface area contributed by atoms with Crippen LogP contribution in [0.15, 0.2) is 35.2 Å². The fourth-order valence-electron chi connectivity index (χ4n) is 1.81. The summed E-state index contributed by atoms with van der Waals surface area (Å²) in [5.74, 6) is 0.470. The van der Waals surface area contributed by atoms with Gasteiger partial charge >= 0.3 is 6.03 Å². The van der Waals surface area contributed by atoms with Gasteiger partial charge in [0, 0.05) is 28.3 Å². The number of nitrogens with one attached hydrogen (secondary N) is 3. The van der Waals surface area contributed by atoms with Crippen molar-refractivity contribution in [3.63, 3.8) is 0 Å². The van der Waals surface area contributed by atoms with Crippen LogP contribution in [0.4, 0.5) is 16.3 Å². The van der Waals surface area contributed by atoms with Gasteiger partial charge < -0.3 is 5.32 Å². The minimum absolute atomic E-state index is 0.157. The Morgan fingerprint density at radius 1 is 1.45 bits per heavy atom. The molecule has 0 radical (unpaired) electrons. The van der Waals surface area contributed by atoms with Gasteiger partial charge in [0.2, 0.25) is 0 Å². The van der Waals surface area contributed by atoms with Crippen LogP contribution in [0.2, 0.25) is 0 Å². The number of aryl methyl sites for hydroxylation is 1. The summed E-state index contributed by atoms with van der Waals surface area (Å²) >= 11 is 1.56. The lowest BCUT2D eigenvalue weighted by Crippen LogP contribution is -2.20. The lowest BCUT2D eigenvalue weighted by atomic mass is 10.3. The van der Waals surface area contributed by atoms with E-state index in [2.05, 4.69) is 26.9 Å². The number of H-pyrrole nitrogens is 1. The number of para-hydroxylation sites is 1. The van der Waals surface area contributed by atoms with Crippen molar-refractivity contribution in [2.45, 2.75) is 30.4 Å². The Morgan fingerprint density at radius 2 is 2.23 bits per heavy atom. The Kier molecular flexibility index (Phi) is 5.44. The Balaban J connectivity index is 2.02. The maximum Gasteiger partial charge on any atom is 0.324 e. The highest BCUT2D eigenvalue weighted by Crippen LogP contribution is 2.31. The average Bonchev–Trinajstić information content (AvgIpc) is 2.86. The van der Waals surface area contributed by atoms with Gasteiger partial charge in [0.05, 0.1) is 11.8 Å². The minimum atomic E-state index is -0.354. The third-order valence-corrected chi connectivity index (χ3v) is 3.97. The topological polar surface area (TPSA) is 93.6 Å². The number of hydrogen-bond acceptors (Lipinski definition) is 4. The molecule has 0 aliphatic carbocycles. The Bertz CT molecular complexity index is 691. The second kappa shape index (κ2) is 7.52. The third kappa shape index (κ3) is 4.53. The number of nitriles is 1. The standard InChI is InChI=1S/C15H17N5OS/c1-10-9-14(20-19-10)18-15(21)17-12-5-3-4-6-13(12)22-11(2)7-8-16/h3-6,9,11H,7H2,1-2H3,(H3,17,18,19,20,21)/t11-/m1/s1. The molecule has 114 valence electrons. The maximum atomic E-state index is 12.0. The molecule has 6 nitrogen and oxygen atoms in total. The Hall–Kier alpha value is -2.46. The van der Waals surface area contributed by atoms with Crippen molar-refractivity contribution in [2.75, 3.05) is 10.6 Å². The highest BCUT2D eigenvalue weighted by molar-refractivity contribution is 8.00. The van der Waals surface area contributed by atoms with Gasteiger partial charge in [-0.15, -0.1) is 11.8 Å². The summed E-state index contributed by atoms with van der Waals surface area (Å²) in [5.41, 5.74) is 1.58. The lowest BCUT2D eigenvalue weighted by Gasteiger charge is -2.13. The summed E-state index contributed by atoms with van der Waals surface area (Å²) in [5, 5.41) is 21.1. The van der Waals surface area contributed by atoms with E-state index in [1.165, 1.54) is 0 Å².